The summed E-state index contributed by atoms with van der Waals surface area (Å²) in [4.78, 5) is 0. The molecule has 0 bridgehead atoms. The van der Waals surface area contributed by atoms with Gasteiger partial charge < -0.3 is 4.74 Å². The van der Waals surface area contributed by atoms with E-state index in [1.165, 1.54) is 0 Å². The van der Waals surface area contributed by atoms with E-state index >= 15 is 0 Å². The summed E-state index contributed by atoms with van der Waals surface area (Å²) >= 11 is 0. The molecular formula is C11H18N4O. The van der Waals surface area contributed by atoms with Gasteiger partial charge in [-0.1, -0.05) is 0 Å². The number of ether oxygens (including phenoxy) is 1. The molecule has 1 aromatic rings. The molecule has 0 aromatic carbocycles. The van der Waals surface area contributed by atoms with Gasteiger partial charge in [-0.3, -0.25) is 10.5 Å². The third-order valence-corrected chi connectivity index (χ3v) is 3.00. The molecule has 1 aliphatic heterocycles. The summed E-state index contributed by atoms with van der Waals surface area (Å²) in [5.41, 5.74) is 4.96. The van der Waals surface area contributed by atoms with Crippen molar-refractivity contribution in [3.05, 3.63) is 29.3 Å². The SMILES string of the molecule is Cc1c(C(NN)C2=CCCCO2)cnn1C. The molecule has 0 spiro atoms. The average Bonchev–Trinajstić information content (AvgIpc) is 2.64. The Morgan fingerprint density at radius 3 is 2.94 bits per heavy atom. The molecule has 16 heavy (non-hydrogen) atoms. The summed E-state index contributed by atoms with van der Waals surface area (Å²) in [7, 11) is 1.92. The lowest BCUT2D eigenvalue weighted by molar-refractivity contribution is 0.167. The maximum absolute atomic E-state index is 5.63. The van der Waals surface area contributed by atoms with E-state index in [0.717, 1.165) is 36.5 Å². The molecule has 2 rings (SSSR count). The van der Waals surface area contributed by atoms with Crippen molar-refractivity contribution in [1.82, 2.24) is 15.2 Å². The lowest BCUT2D eigenvalue weighted by atomic mass is 10.0. The minimum absolute atomic E-state index is 0.0889. The second kappa shape index (κ2) is 4.67. The number of nitrogens with two attached hydrogens (primary N) is 1. The van der Waals surface area contributed by atoms with Crippen LogP contribution in [-0.4, -0.2) is 16.4 Å². The van der Waals surface area contributed by atoms with E-state index in [-0.39, 0.29) is 6.04 Å². The largest absolute Gasteiger partial charge is 0.496 e. The van der Waals surface area contributed by atoms with Crippen molar-refractivity contribution in [2.45, 2.75) is 25.8 Å². The number of nitrogens with one attached hydrogen (secondary N) is 1. The van der Waals surface area contributed by atoms with Gasteiger partial charge in [0.2, 0.25) is 0 Å². The highest BCUT2D eigenvalue weighted by Gasteiger charge is 2.22. The lowest BCUT2D eigenvalue weighted by Gasteiger charge is -2.23. The topological polar surface area (TPSA) is 65.1 Å². The Morgan fingerprint density at radius 2 is 2.44 bits per heavy atom. The fourth-order valence-corrected chi connectivity index (χ4v) is 1.90. The summed E-state index contributed by atoms with van der Waals surface area (Å²) < 4.78 is 7.47. The van der Waals surface area contributed by atoms with E-state index < -0.39 is 0 Å². The second-order valence-corrected chi connectivity index (χ2v) is 4.01. The lowest BCUT2D eigenvalue weighted by Crippen LogP contribution is -2.31. The predicted octanol–water partition coefficient (Wildman–Crippen LogP) is 0.927. The van der Waals surface area contributed by atoms with E-state index in [1.807, 2.05) is 24.9 Å². The van der Waals surface area contributed by atoms with Crippen LogP contribution in [0, 0.1) is 6.92 Å². The summed E-state index contributed by atoms with van der Waals surface area (Å²) in [6, 6.07) is -0.0889. The maximum Gasteiger partial charge on any atom is 0.115 e. The number of hydrazine groups is 1. The normalized spacial score (nSPS) is 17.8. The number of nitrogens with zero attached hydrogens (tertiary/aromatic N) is 2. The summed E-state index contributed by atoms with van der Waals surface area (Å²) in [5, 5.41) is 4.22. The number of allylic oxidation sites excluding steroid dienone is 1. The van der Waals surface area contributed by atoms with Gasteiger partial charge in [0.1, 0.15) is 11.8 Å². The zero-order valence-corrected chi connectivity index (χ0v) is 9.73. The van der Waals surface area contributed by atoms with E-state index in [9.17, 15) is 0 Å². The van der Waals surface area contributed by atoms with Crippen molar-refractivity contribution in [2.75, 3.05) is 6.61 Å². The molecule has 88 valence electrons. The Morgan fingerprint density at radius 1 is 1.62 bits per heavy atom. The van der Waals surface area contributed by atoms with Crippen LogP contribution in [-0.2, 0) is 11.8 Å². The van der Waals surface area contributed by atoms with Gasteiger partial charge in [-0.2, -0.15) is 5.10 Å². The highest BCUT2D eigenvalue weighted by atomic mass is 16.5. The van der Waals surface area contributed by atoms with Gasteiger partial charge in [-0.05, 0) is 25.8 Å². The Labute approximate surface area is 95.2 Å². The first kappa shape index (κ1) is 11.2. The second-order valence-electron chi connectivity index (χ2n) is 4.01. The van der Waals surface area contributed by atoms with Crippen LogP contribution in [0.5, 0.6) is 0 Å². The van der Waals surface area contributed by atoms with E-state index in [1.54, 1.807) is 0 Å². The third kappa shape index (κ3) is 1.96. The molecule has 2 heterocycles. The number of hydrogen-bond acceptors (Lipinski definition) is 4. The first-order chi connectivity index (χ1) is 7.74. The molecule has 5 heteroatoms. The van der Waals surface area contributed by atoms with E-state index in [2.05, 4.69) is 16.6 Å². The molecule has 5 nitrogen and oxygen atoms in total. The molecule has 0 fully saturated rings. The van der Waals surface area contributed by atoms with Gasteiger partial charge in [0, 0.05) is 18.3 Å². The molecule has 0 aliphatic carbocycles. The fraction of sp³-hybridized carbons (Fsp3) is 0.545. The highest BCUT2D eigenvalue weighted by molar-refractivity contribution is 5.27. The molecule has 0 saturated carbocycles. The number of aromatic nitrogens is 2. The standard InChI is InChI=1S/C11H18N4O/c1-8-9(7-13-15(8)2)11(14-12)10-5-3-4-6-16-10/h5,7,11,14H,3-4,6,12H2,1-2H3. The number of rotatable bonds is 3. The van der Waals surface area contributed by atoms with Gasteiger partial charge in [-0.25, -0.2) is 5.43 Å². The van der Waals surface area contributed by atoms with E-state index in [0.29, 0.717) is 0 Å². The van der Waals surface area contributed by atoms with Crippen molar-refractivity contribution in [2.24, 2.45) is 12.9 Å². The molecule has 1 unspecified atom stereocenters. The minimum Gasteiger partial charge on any atom is -0.496 e. The molecule has 1 atom stereocenters. The van der Waals surface area contributed by atoms with Crippen LogP contribution in [0.25, 0.3) is 0 Å². The molecular weight excluding hydrogens is 204 g/mol. The predicted molar refractivity (Wildman–Crippen MR) is 61.3 cm³/mol. The first-order valence-corrected chi connectivity index (χ1v) is 5.51. The molecule has 0 radical (unpaired) electrons. The Kier molecular flexibility index (Phi) is 3.26. The van der Waals surface area contributed by atoms with Crippen LogP contribution < -0.4 is 11.3 Å². The number of aryl methyl sites for hydroxylation is 1. The molecule has 0 saturated heterocycles. The van der Waals surface area contributed by atoms with Crippen LogP contribution >= 0.6 is 0 Å². The first-order valence-electron chi connectivity index (χ1n) is 5.51. The Hall–Kier alpha value is -1.33. The van der Waals surface area contributed by atoms with Crippen LogP contribution in [0.3, 0.4) is 0 Å². The average molecular weight is 222 g/mol. The van der Waals surface area contributed by atoms with Crippen LogP contribution in [0.1, 0.15) is 30.1 Å². The minimum atomic E-state index is -0.0889. The van der Waals surface area contributed by atoms with Gasteiger partial charge in [0.15, 0.2) is 0 Å². The van der Waals surface area contributed by atoms with E-state index in [4.69, 9.17) is 10.6 Å². The van der Waals surface area contributed by atoms with Crippen LogP contribution in [0.2, 0.25) is 0 Å². The third-order valence-electron chi connectivity index (χ3n) is 3.00. The highest BCUT2D eigenvalue weighted by Crippen LogP contribution is 2.27. The van der Waals surface area contributed by atoms with Crippen molar-refractivity contribution < 1.29 is 4.74 Å². The van der Waals surface area contributed by atoms with Crippen molar-refractivity contribution >= 4 is 0 Å². The summed E-state index contributed by atoms with van der Waals surface area (Å²) in [5.74, 6) is 6.51. The smallest absolute Gasteiger partial charge is 0.115 e. The summed E-state index contributed by atoms with van der Waals surface area (Å²) in [6.07, 6.45) is 6.05. The molecule has 3 N–H and O–H groups in total. The zero-order valence-electron chi connectivity index (χ0n) is 9.73. The molecule has 1 aliphatic rings. The van der Waals surface area contributed by atoms with Crippen LogP contribution in [0.4, 0.5) is 0 Å². The van der Waals surface area contributed by atoms with Gasteiger partial charge in [0.25, 0.3) is 0 Å². The molecule has 1 aromatic heterocycles. The Bertz CT molecular complexity index is 397. The number of hydrogen-bond donors (Lipinski definition) is 2. The fourth-order valence-electron chi connectivity index (χ4n) is 1.90. The van der Waals surface area contributed by atoms with Crippen molar-refractivity contribution in [1.29, 1.82) is 0 Å². The maximum atomic E-state index is 5.63. The molecule has 0 amide bonds. The quantitative estimate of drug-likeness (QED) is 0.590. The Balaban J connectivity index is 2.28. The zero-order chi connectivity index (χ0) is 11.5. The van der Waals surface area contributed by atoms with Crippen molar-refractivity contribution in [3.8, 4) is 0 Å². The van der Waals surface area contributed by atoms with Gasteiger partial charge in [0.05, 0.1) is 12.8 Å². The van der Waals surface area contributed by atoms with Crippen molar-refractivity contribution in [3.63, 3.8) is 0 Å². The monoisotopic (exact) mass is 222 g/mol. The van der Waals surface area contributed by atoms with Gasteiger partial charge in [-0.15, -0.1) is 0 Å². The van der Waals surface area contributed by atoms with Gasteiger partial charge >= 0.3 is 0 Å². The summed E-state index contributed by atoms with van der Waals surface area (Å²) in [6.45, 7) is 2.79. The van der Waals surface area contributed by atoms with Crippen LogP contribution in [0.15, 0.2) is 18.0 Å².